The van der Waals surface area contributed by atoms with Gasteiger partial charge in [0.15, 0.2) is 11.5 Å². The van der Waals surface area contributed by atoms with Crippen molar-refractivity contribution in [2.24, 2.45) is 11.5 Å². The second kappa shape index (κ2) is 7.17. The zero-order valence-corrected chi connectivity index (χ0v) is 15.5. The summed E-state index contributed by atoms with van der Waals surface area (Å²) in [4.78, 5) is 20.9. The van der Waals surface area contributed by atoms with E-state index < -0.39 is 5.91 Å². The van der Waals surface area contributed by atoms with E-state index in [-0.39, 0.29) is 17.8 Å². The molecule has 7 nitrogen and oxygen atoms in total. The predicted molar refractivity (Wildman–Crippen MR) is 106 cm³/mol. The van der Waals surface area contributed by atoms with Crippen LogP contribution in [0.15, 0.2) is 36.7 Å². The van der Waals surface area contributed by atoms with Crippen molar-refractivity contribution < 1.29 is 4.79 Å². The van der Waals surface area contributed by atoms with Crippen molar-refractivity contribution >= 4 is 29.0 Å². The lowest BCUT2D eigenvalue weighted by atomic mass is 9.92. The van der Waals surface area contributed by atoms with Crippen LogP contribution in [0.3, 0.4) is 0 Å². The number of nitrogens with two attached hydrogens (primary N) is 2. The number of carbonyl (C=O) groups excluding carboxylic acids is 1. The summed E-state index contributed by atoms with van der Waals surface area (Å²) in [6, 6.07) is 7.80. The van der Waals surface area contributed by atoms with Crippen molar-refractivity contribution in [3.05, 3.63) is 47.4 Å². The largest absolute Gasteiger partial charge is 0.364 e. The molecule has 1 aliphatic carbocycles. The Morgan fingerprint density at radius 2 is 2.04 bits per heavy atom. The first-order valence-corrected chi connectivity index (χ1v) is 9.35. The van der Waals surface area contributed by atoms with E-state index in [0.717, 1.165) is 31.2 Å². The van der Waals surface area contributed by atoms with Gasteiger partial charge >= 0.3 is 0 Å². The molecule has 1 aromatic carbocycles. The van der Waals surface area contributed by atoms with E-state index in [1.54, 1.807) is 22.7 Å². The highest BCUT2D eigenvalue weighted by atomic mass is 35.5. The molecule has 0 aliphatic heterocycles. The highest BCUT2D eigenvalue weighted by Crippen LogP contribution is 2.27. The van der Waals surface area contributed by atoms with E-state index in [1.807, 2.05) is 12.1 Å². The molecule has 2 atom stereocenters. The third kappa shape index (κ3) is 3.61. The minimum atomic E-state index is -0.557. The number of nitrogens with zero attached hydrogens (tertiary/aromatic N) is 3. The van der Waals surface area contributed by atoms with Crippen molar-refractivity contribution in [2.45, 2.75) is 37.8 Å². The molecule has 0 saturated heterocycles. The molecule has 1 aliphatic rings. The van der Waals surface area contributed by atoms with Gasteiger partial charge in [-0.1, -0.05) is 23.7 Å². The molecule has 8 heteroatoms. The number of fused-ring (bicyclic) bond motifs is 1. The molecule has 2 aromatic heterocycles. The molecule has 0 radical (unpaired) electrons. The zero-order chi connectivity index (χ0) is 19.0. The molecule has 27 heavy (non-hydrogen) atoms. The summed E-state index contributed by atoms with van der Waals surface area (Å²) in [5, 5.41) is 4.10. The molecule has 2 heterocycles. The Hall–Kier alpha value is -2.64. The van der Waals surface area contributed by atoms with E-state index in [0.29, 0.717) is 22.2 Å². The number of halogens is 1. The third-order valence-corrected chi connectivity index (χ3v) is 5.19. The Bertz CT molecular complexity index is 984. The highest BCUT2D eigenvalue weighted by molar-refractivity contribution is 6.30. The lowest BCUT2D eigenvalue weighted by molar-refractivity contribution is 0.0994. The lowest BCUT2D eigenvalue weighted by Crippen LogP contribution is -2.35. The second-order valence-corrected chi connectivity index (χ2v) is 7.39. The molecule has 0 spiro atoms. The molecule has 5 N–H and O–H groups in total. The molecular weight excluding hydrogens is 364 g/mol. The SMILES string of the molecule is NC(=O)c1cnc(NC2CCCC(N)C2)c2nc(-c3ccc(Cl)cc3)cn12. The van der Waals surface area contributed by atoms with Gasteiger partial charge in [-0.05, 0) is 37.8 Å². The zero-order valence-electron chi connectivity index (χ0n) is 14.7. The summed E-state index contributed by atoms with van der Waals surface area (Å²) >= 11 is 5.97. The first-order chi connectivity index (χ1) is 13.0. The lowest BCUT2D eigenvalue weighted by Gasteiger charge is -2.27. The van der Waals surface area contributed by atoms with Crippen LogP contribution in [-0.2, 0) is 0 Å². The third-order valence-electron chi connectivity index (χ3n) is 4.94. The fraction of sp³-hybridized carbons (Fsp3) is 0.316. The van der Waals surface area contributed by atoms with Gasteiger partial charge < -0.3 is 16.8 Å². The predicted octanol–water partition coefficient (Wildman–Crippen LogP) is 2.83. The Morgan fingerprint density at radius 1 is 1.26 bits per heavy atom. The first-order valence-electron chi connectivity index (χ1n) is 8.97. The topological polar surface area (TPSA) is 111 Å². The summed E-state index contributed by atoms with van der Waals surface area (Å²) < 4.78 is 1.68. The van der Waals surface area contributed by atoms with E-state index in [2.05, 4.69) is 10.3 Å². The number of benzene rings is 1. The summed E-state index contributed by atoms with van der Waals surface area (Å²) in [5.74, 6) is 0.0677. The van der Waals surface area contributed by atoms with Crippen LogP contribution in [0.1, 0.15) is 36.2 Å². The Kier molecular flexibility index (Phi) is 4.72. The molecule has 2 unspecified atom stereocenters. The number of imidazole rings is 1. The van der Waals surface area contributed by atoms with E-state index in [9.17, 15) is 4.79 Å². The minimum absolute atomic E-state index is 0.196. The standard InChI is InChI=1S/C19H21ClN6O/c20-12-6-4-11(5-7-12)15-10-26-16(17(22)27)9-23-18(19(26)25-15)24-14-3-1-2-13(21)8-14/h4-7,9-10,13-14H,1-3,8,21H2,(H2,22,27)(H,23,24). The van der Waals surface area contributed by atoms with E-state index >= 15 is 0 Å². The van der Waals surface area contributed by atoms with Crippen molar-refractivity contribution in [3.63, 3.8) is 0 Å². The number of hydrogen-bond acceptors (Lipinski definition) is 5. The van der Waals surface area contributed by atoms with Gasteiger partial charge in [0.05, 0.1) is 11.9 Å². The number of amides is 1. The van der Waals surface area contributed by atoms with Gasteiger partial charge in [0.25, 0.3) is 5.91 Å². The van der Waals surface area contributed by atoms with Crippen LogP contribution >= 0.6 is 11.6 Å². The van der Waals surface area contributed by atoms with Gasteiger partial charge in [-0.2, -0.15) is 0 Å². The molecule has 4 rings (SSSR count). The molecule has 3 aromatic rings. The minimum Gasteiger partial charge on any atom is -0.364 e. The summed E-state index contributed by atoms with van der Waals surface area (Å²) in [7, 11) is 0. The van der Waals surface area contributed by atoms with Crippen molar-refractivity contribution in [1.82, 2.24) is 14.4 Å². The number of rotatable bonds is 4. The number of aromatic nitrogens is 3. The van der Waals surface area contributed by atoms with Crippen LogP contribution in [0.5, 0.6) is 0 Å². The average molecular weight is 385 g/mol. The molecule has 140 valence electrons. The van der Waals surface area contributed by atoms with Crippen LogP contribution in [0, 0.1) is 0 Å². The number of nitrogens with one attached hydrogen (secondary N) is 1. The van der Waals surface area contributed by atoms with Gasteiger partial charge in [0.1, 0.15) is 5.69 Å². The summed E-state index contributed by atoms with van der Waals surface area (Å²) in [5.41, 5.74) is 14.1. The Labute approximate surface area is 161 Å². The quantitative estimate of drug-likeness (QED) is 0.640. The number of carbonyl (C=O) groups is 1. The molecule has 0 bridgehead atoms. The Morgan fingerprint density at radius 3 is 2.74 bits per heavy atom. The van der Waals surface area contributed by atoms with Gasteiger partial charge in [0, 0.05) is 28.9 Å². The molecule has 1 saturated carbocycles. The van der Waals surface area contributed by atoms with Crippen LogP contribution < -0.4 is 16.8 Å². The van der Waals surface area contributed by atoms with Crippen LogP contribution in [0.25, 0.3) is 16.9 Å². The molecule has 1 amide bonds. The van der Waals surface area contributed by atoms with Crippen molar-refractivity contribution in [1.29, 1.82) is 0 Å². The Balaban J connectivity index is 1.76. The fourth-order valence-electron chi connectivity index (χ4n) is 3.57. The van der Waals surface area contributed by atoms with E-state index in [4.69, 9.17) is 28.1 Å². The summed E-state index contributed by atoms with van der Waals surface area (Å²) in [6.07, 6.45) is 7.32. The normalized spacial score (nSPS) is 19.9. The van der Waals surface area contributed by atoms with Gasteiger partial charge in [-0.15, -0.1) is 0 Å². The average Bonchev–Trinajstić information content (AvgIpc) is 3.08. The van der Waals surface area contributed by atoms with Crippen LogP contribution in [0.4, 0.5) is 5.82 Å². The maximum Gasteiger partial charge on any atom is 0.267 e. The van der Waals surface area contributed by atoms with Crippen molar-refractivity contribution in [2.75, 3.05) is 5.32 Å². The van der Waals surface area contributed by atoms with Gasteiger partial charge in [-0.25, -0.2) is 9.97 Å². The highest BCUT2D eigenvalue weighted by Gasteiger charge is 2.22. The van der Waals surface area contributed by atoms with E-state index in [1.165, 1.54) is 6.20 Å². The molecular formula is C19H21ClN6O. The monoisotopic (exact) mass is 384 g/mol. The number of primary amides is 1. The van der Waals surface area contributed by atoms with Crippen molar-refractivity contribution in [3.8, 4) is 11.3 Å². The molecule has 1 fully saturated rings. The number of anilines is 1. The maximum absolute atomic E-state index is 11.8. The van der Waals surface area contributed by atoms with Gasteiger partial charge in [0.2, 0.25) is 0 Å². The fourth-order valence-corrected chi connectivity index (χ4v) is 3.70. The number of hydrogen-bond donors (Lipinski definition) is 3. The van der Waals surface area contributed by atoms with Crippen LogP contribution in [0.2, 0.25) is 5.02 Å². The summed E-state index contributed by atoms with van der Waals surface area (Å²) in [6.45, 7) is 0. The van der Waals surface area contributed by atoms with Gasteiger partial charge in [-0.3, -0.25) is 9.20 Å². The maximum atomic E-state index is 11.8. The van der Waals surface area contributed by atoms with Crippen LogP contribution in [-0.4, -0.2) is 32.4 Å². The smallest absolute Gasteiger partial charge is 0.267 e. The second-order valence-electron chi connectivity index (χ2n) is 6.95. The first kappa shape index (κ1) is 17.8.